The van der Waals surface area contributed by atoms with Gasteiger partial charge in [0.15, 0.2) is 0 Å². The van der Waals surface area contributed by atoms with Gasteiger partial charge in [0.1, 0.15) is 5.40 Å². The molecule has 0 fully saturated rings. The van der Waals surface area contributed by atoms with Crippen LogP contribution >= 0.6 is 12.6 Å². The molecule has 0 unspecified atom stereocenters. The predicted molar refractivity (Wildman–Crippen MR) is 112 cm³/mol. The molecule has 0 spiro atoms. The summed E-state index contributed by atoms with van der Waals surface area (Å²) in [5, 5.41) is 8.63. The van der Waals surface area contributed by atoms with Crippen LogP contribution in [-0.2, 0) is 0 Å². The van der Waals surface area contributed by atoms with Crippen LogP contribution in [0.1, 0.15) is 105 Å². The Kier molecular flexibility index (Phi) is 22.6. The normalized spacial score (nSPS) is 10.8. The lowest BCUT2D eigenvalue weighted by atomic mass is 10.1. The molecule has 0 aliphatic carbocycles. The zero-order valence-electron chi connectivity index (χ0n) is 17.2. The smallest absolute Gasteiger partial charge is 0.130 e. The molecule has 0 saturated carbocycles. The summed E-state index contributed by atoms with van der Waals surface area (Å²) in [6.45, 7) is 15.1. The van der Waals surface area contributed by atoms with Crippen LogP contribution in [0.15, 0.2) is 0 Å². The first-order chi connectivity index (χ1) is 11.7. The lowest BCUT2D eigenvalue weighted by molar-refractivity contribution is -0.929. The van der Waals surface area contributed by atoms with Crippen LogP contribution < -0.4 is 0 Å². The summed E-state index contributed by atoms with van der Waals surface area (Å²) in [5.74, 6) is 0. The third-order valence-electron chi connectivity index (χ3n) is 4.94. The van der Waals surface area contributed by atoms with Crippen LogP contribution in [0, 0.1) is 10.7 Å². The van der Waals surface area contributed by atoms with E-state index in [-0.39, 0.29) is 0 Å². The molecule has 144 valence electrons. The van der Waals surface area contributed by atoms with E-state index in [0.29, 0.717) is 0 Å². The van der Waals surface area contributed by atoms with Gasteiger partial charge in [-0.15, -0.1) is 0 Å². The summed E-state index contributed by atoms with van der Waals surface area (Å²) in [6, 6.07) is 0. The first-order valence-corrected chi connectivity index (χ1v) is 11.0. The van der Waals surface area contributed by atoms with Gasteiger partial charge in [-0.1, -0.05) is 66.0 Å². The van der Waals surface area contributed by atoms with Crippen molar-refractivity contribution in [2.75, 3.05) is 26.2 Å². The Bertz CT molecular complexity index is 228. The highest BCUT2D eigenvalue weighted by Crippen LogP contribution is 2.18. The number of thiol groups is 1. The van der Waals surface area contributed by atoms with Gasteiger partial charge in [-0.05, 0) is 51.4 Å². The van der Waals surface area contributed by atoms with Crippen molar-refractivity contribution < 1.29 is 4.48 Å². The Hall–Kier alpha value is -0.200. The van der Waals surface area contributed by atoms with Gasteiger partial charge in [-0.3, -0.25) is 0 Å². The van der Waals surface area contributed by atoms with Crippen molar-refractivity contribution in [3.63, 3.8) is 0 Å². The van der Waals surface area contributed by atoms with E-state index in [2.05, 4.69) is 40.3 Å². The fourth-order valence-electron chi connectivity index (χ4n) is 3.46. The highest BCUT2D eigenvalue weighted by atomic mass is 32.1. The quantitative estimate of drug-likeness (QED) is 0.137. The molecule has 0 aliphatic rings. The average Bonchev–Trinajstić information content (AvgIpc) is 2.56. The van der Waals surface area contributed by atoms with E-state index in [9.17, 15) is 0 Å². The summed E-state index contributed by atoms with van der Waals surface area (Å²) in [6.07, 6.45) is 16.9. The molecule has 0 aromatic rings. The lowest BCUT2D eigenvalue weighted by Gasteiger charge is -2.39. The Morgan fingerprint density at radius 2 is 0.792 bits per heavy atom. The van der Waals surface area contributed by atoms with Crippen molar-refractivity contribution in [2.45, 2.75) is 105 Å². The topological polar surface area (TPSA) is 23.8 Å². The minimum absolute atomic E-state index is 1.36. The minimum atomic E-state index is 1.36. The van der Waals surface area contributed by atoms with Crippen LogP contribution in [0.2, 0.25) is 0 Å². The van der Waals surface area contributed by atoms with Crippen LogP contribution in [0.25, 0.3) is 0 Å². The summed E-state index contributed by atoms with van der Waals surface area (Å²) in [4.78, 5) is 0. The number of nitrogens with zero attached hydrogens (tertiary/aromatic N) is 2. The third kappa shape index (κ3) is 16.7. The molecule has 0 N–H and O–H groups in total. The molecular formula is C21H45N2S+. The number of unbranched alkanes of at least 4 members (excludes halogenated alkanes) is 8. The van der Waals surface area contributed by atoms with E-state index >= 15 is 0 Å². The molecule has 24 heavy (non-hydrogen) atoms. The molecule has 2 nitrogen and oxygen atoms in total. The van der Waals surface area contributed by atoms with Gasteiger partial charge in [0.05, 0.1) is 26.2 Å². The third-order valence-corrected chi connectivity index (χ3v) is 4.94. The maximum atomic E-state index is 7.18. The Balaban J connectivity index is 0. The highest BCUT2D eigenvalue weighted by molar-refractivity contribution is 7.85. The first-order valence-electron chi connectivity index (χ1n) is 10.5. The summed E-state index contributed by atoms with van der Waals surface area (Å²) in [5.41, 5.74) is 0. The number of nitriles is 1. The van der Waals surface area contributed by atoms with Gasteiger partial charge >= 0.3 is 0 Å². The van der Waals surface area contributed by atoms with Crippen molar-refractivity contribution in [1.29, 1.82) is 5.26 Å². The number of hydrogen-bond donors (Lipinski definition) is 1. The van der Waals surface area contributed by atoms with E-state index < -0.39 is 0 Å². The maximum Gasteiger partial charge on any atom is 0.130 e. The summed E-state index contributed by atoms with van der Waals surface area (Å²) in [7, 11) is 0. The average molecular weight is 358 g/mol. The van der Waals surface area contributed by atoms with Crippen molar-refractivity contribution in [3.05, 3.63) is 0 Å². The second-order valence-electron chi connectivity index (χ2n) is 7.16. The molecule has 3 heteroatoms. The number of rotatable bonds is 16. The number of quaternary nitrogens is 1. The summed E-state index contributed by atoms with van der Waals surface area (Å²) < 4.78 is 1.44. The Labute approximate surface area is 159 Å². The van der Waals surface area contributed by atoms with Gasteiger partial charge in [0, 0.05) is 0 Å². The van der Waals surface area contributed by atoms with Crippen molar-refractivity contribution in [3.8, 4) is 5.40 Å². The van der Waals surface area contributed by atoms with Gasteiger partial charge < -0.3 is 4.48 Å². The molecular weight excluding hydrogens is 312 g/mol. The number of thiocyanates is 1. The molecule has 0 atom stereocenters. The molecule has 0 saturated heterocycles. The molecule has 0 amide bonds. The van der Waals surface area contributed by atoms with Crippen molar-refractivity contribution >= 4 is 12.6 Å². The second kappa shape index (κ2) is 20.8. The van der Waals surface area contributed by atoms with E-state index in [0.717, 1.165) is 0 Å². The molecule has 0 aromatic carbocycles. The minimum Gasteiger partial charge on any atom is -0.324 e. The van der Waals surface area contributed by atoms with Gasteiger partial charge in [-0.25, -0.2) is 0 Å². The van der Waals surface area contributed by atoms with Crippen molar-refractivity contribution in [2.24, 2.45) is 0 Å². The standard InChI is InChI=1S/C20H44N.CHNS/c1-5-9-13-17-21(18-14-10-6-2,19-15-11-7-3)20-16-12-8-4;2-1-3/h5-20H2,1-4H3;3H/q+1;. The van der Waals surface area contributed by atoms with Crippen LogP contribution in [-0.4, -0.2) is 30.7 Å². The van der Waals surface area contributed by atoms with Crippen molar-refractivity contribution in [1.82, 2.24) is 0 Å². The largest absolute Gasteiger partial charge is 0.324 e. The van der Waals surface area contributed by atoms with Gasteiger partial charge in [-0.2, -0.15) is 5.26 Å². The maximum absolute atomic E-state index is 7.18. The Morgan fingerprint density at radius 3 is 0.958 bits per heavy atom. The van der Waals surface area contributed by atoms with E-state index in [1.165, 1.54) is 113 Å². The van der Waals surface area contributed by atoms with Crippen LogP contribution in [0.3, 0.4) is 0 Å². The predicted octanol–water partition coefficient (Wildman–Crippen LogP) is 6.96. The summed E-state index contributed by atoms with van der Waals surface area (Å²) >= 11 is 3.09. The monoisotopic (exact) mass is 357 g/mol. The second-order valence-corrected chi connectivity index (χ2v) is 7.36. The SMILES string of the molecule is CCCCC[N+](CCCCC)(CCCCC)CCCCC.N#CS. The molecule has 0 rings (SSSR count). The van der Waals surface area contributed by atoms with Gasteiger partial charge in [0.25, 0.3) is 0 Å². The van der Waals surface area contributed by atoms with Crippen LogP contribution in [0.5, 0.6) is 0 Å². The van der Waals surface area contributed by atoms with E-state index in [1.54, 1.807) is 0 Å². The van der Waals surface area contributed by atoms with E-state index in [1.807, 2.05) is 0 Å². The molecule has 0 radical (unpaired) electrons. The number of hydrogen-bond acceptors (Lipinski definition) is 2. The van der Waals surface area contributed by atoms with E-state index in [4.69, 9.17) is 5.26 Å². The molecule has 0 aromatic heterocycles. The fourth-order valence-corrected chi connectivity index (χ4v) is 3.46. The Morgan fingerprint density at radius 1 is 0.583 bits per heavy atom. The van der Waals surface area contributed by atoms with Crippen LogP contribution in [0.4, 0.5) is 0 Å². The highest BCUT2D eigenvalue weighted by Gasteiger charge is 2.25. The molecule has 0 aliphatic heterocycles. The first kappa shape index (κ1) is 26.0. The fraction of sp³-hybridized carbons (Fsp3) is 0.952. The molecule has 0 bridgehead atoms. The zero-order chi connectivity index (χ0) is 18.5. The van der Waals surface area contributed by atoms with Gasteiger partial charge in [0.2, 0.25) is 0 Å². The zero-order valence-corrected chi connectivity index (χ0v) is 18.0. The lowest BCUT2D eigenvalue weighted by Crippen LogP contribution is -2.50. The molecule has 0 heterocycles.